The molecule has 2 aromatic carbocycles. The van der Waals surface area contributed by atoms with Gasteiger partial charge in [-0.05, 0) is 73.5 Å². The van der Waals surface area contributed by atoms with Crippen molar-refractivity contribution >= 4 is 16.7 Å². The monoisotopic (exact) mass is 388 g/mol. The largest absolute Gasteiger partial charge is 0.497 e. The molecule has 1 aromatic heterocycles. The molecule has 0 radical (unpaired) electrons. The van der Waals surface area contributed by atoms with Crippen LogP contribution < -0.4 is 4.74 Å². The fourth-order valence-electron chi connectivity index (χ4n) is 5.21. The second-order valence-electron chi connectivity index (χ2n) is 8.52. The van der Waals surface area contributed by atoms with Gasteiger partial charge in [0, 0.05) is 41.7 Å². The summed E-state index contributed by atoms with van der Waals surface area (Å²) in [6.45, 7) is 2.43. The van der Waals surface area contributed by atoms with E-state index in [0.717, 1.165) is 17.4 Å². The van der Waals surface area contributed by atoms with Gasteiger partial charge in [0.05, 0.1) is 7.11 Å². The van der Waals surface area contributed by atoms with Gasteiger partial charge in [-0.1, -0.05) is 18.2 Å². The van der Waals surface area contributed by atoms with E-state index in [-0.39, 0.29) is 5.78 Å². The Labute approximate surface area is 171 Å². The third kappa shape index (κ3) is 3.58. The van der Waals surface area contributed by atoms with Crippen molar-refractivity contribution in [1.82, 2.24) is 9.88 Å². The number of benzene rings is 2. The molecule has 2 saturated heterocycles. The minimum absolute atomic E-state index is 0.123. The highest BCUT2D eigenvalue weighted by Crippen LogP contribution is 2.37. The van der Waals surface area contributed by atoms with Crippen LogP contribution in [0.1, 0.15) is 53.1 Å². The molecule has 2 unspecified atom stereocenters. The third-order valence-electron chi connectivity index (χ3n) is 6.78. The van der Waals surface area contributed by atoms with Crippen molar-refractivity contribution in [3.63, 3.8) is 0 Å². The topological polar surface area (TPSA) is 45.3 Å². The van der Waals surface area contributed by atoms with Crippen molar-refractivity contribution in [2.45, 2.75) is 44.1 Å². The Balaban J connectivity index is 1.38. The Morgan fingerprint density at radius 1 is 1.17 bits per heavy atom. The van der Waals surface area contributed by atoms with Crippen LogP contribution in [-0.2, 0) is 6.42 Å². The van der Waals surface area contributed by atoms with E-state index in [1.54, 1.807) is 7.11 Å². The Bertz CT molecular complexity index is 1040. The number of hydrogen-bond donors (Lipinski definition) is 1. The number of aromatic nitrogens is 1. The summed E-state index contributed by atoms with van der Waals surface area (Å²) in [7, 11) is 1.63. The molecule has 4 heteroatoms. The highest BCUT2D eigenvalue weighted by Gasteiger charge is 2.32. The summed E-state index contributed by atoms with van der Waals surface area (Å²) < 4.78 is 5.25. The minimum Gasteiger partial charge on any atom is -0.497 e. The summed E-state index contributed by atoms with van der Waals surface area (Å²) in [4.78, 5) is 18.9. The number of nitrogens with zero attached hydrogens (tertiary/aromatic N) is 1. The van der Waals surface area contributed by atoms with E-state index in [1.807, 2.05) is 24.3 Å². The van der Waals surface area contributed by atoms with Gasteiger partial charge < -0.3 is 9.72 Å². The van der Waals surface area contributed by atoms with Gasteiger partial charge in [0.1, 0.15) is 5.75 Å². The fraction of sp³-hybridized carbons (Fsp3) is 0.400. The lowest BCUT2D eigenvalue weighted by atomic mass is 9.87. The number of ether oxygens (including phenoxy) is 1. The average molecular weight is 389 g/mol. The molecule has 0 bridgehead atoms. The predicted molar refractivity (Wildman–Crippen MR) is 116 cm³/mol. The molecule has 2 aliphatic heterocycles. The van der Waals surface area contributed by atoms with Gasteiger partial charge in [-0.2, -0.15) is 0 Å². The van der Waals surface area contributed by atoms with Crippen LogP contribution in [0.2, 0.25) is 0 Å². The van der Waals surface area contributed by atoms with Gasteiger partial charge in [-0.3, -0.25) is 9.69 Å². The highest BCUT2D eigenvalue weighted by atomic mass is 16.5. The molecule has 150 valence electrons. The van der Waals surface area contributed by atoms with E-state index < -0.39 is 0 Å². The maximum Gasteiger partial charge on any atom is 0.167 e. The Morgan fingerprint density at radius 3 is 3.00 bits per heavy atom. The first kappa shape index (κ1) is 18.4. The third-order valence-corrected chi connectivity index (χ3v) is 6.78. The number of carbonyl (C=O) groups excluding carboxylic acids is 1. The van der Waals surface area contributed by atoms with E-state index in [9.17, 15) is 4.79 Å². The van der Waals surface area contributed by atoms with Crippen molar-refractivity contribution in [3.8, 4) is 5.75 Å². The lowest BCUT2D eigenvalue weighted by Crippen LogP contribution is -2.37. The van der Waals surface area contributed by atoms with Gasteiger partial charge in [-0.25, -0.2) is 0 Å². The van der Waals surface area contributed by atoms with Crippen LogP contribution in [0.3, 0.4) is 0 Å². The maximum atomic E-state index is 12.8. The molecule has 0 aliphatic carbocycles. The van der Waals surface area contributed by atoms with E-state index in [1.165, 1.54) is 55.2 Å². The first-order chi connectivity index (χ1) is 14.2. The number of nitrogens with one attached hydrogen (secondary N) is 1. The first-order valence-corrected chi connectivity index (χ1v) is 10.7. The molecule has 5 rings (SSSR count). The van der Waals surface area contributed by atoms with Crippen molar-refractivity contribution < 1.29 is 9.53 Å². The summed E-state index contributed by atoms with van der Waals surface area (Å²) in [5.41, 5.74) is 4.36. The number of rotatable bonds is 5. The molecule has 2 atom stereocenters. The normalized spacial score (nSPS) is 22.0. The van der Waals surface area contributed by atoms with Gasteiger partial charge in [0.2, 0.25) is 0 Å². The molecule has 3 heterocycles. The maximum absolute atomic E-state index is 12.8. The summed E-state index contributed by atoms with van der Waals surface area (Å²) in [5, 5.41) is 1.28. The number of aromatic amines is 1. The molecule has 3 aromatic rings. The smallest absolute Gasteiger partial charge is 0.167 e. The van der Waals surface area contributed by atoms with Crippen molar-refractivity contribution in [2.24, 2.45) is 0 Å². The Hall–Kier alpha value is -2.59. The van der Waals surface area contributed by atoms with Crippen LogP contribution in [0.15, 0.2) is 48.7 Å². The molecular weight excluding hydrogens is 360 g/mol. The quantitative estimate of drug-likeness (QED) is 0.630. The minimum atomic E-state index is 0.123. The van der Waals surface area contributed by atoms with E-state index in [0.29, 0.717) is 17.9 Å². The summed E-state index contributed by atoms with van der Waals surface area (Å²) in [5.74, 6) is 1.43. The number of methoxy groups -OCH3 is 1. The lowest BCUT2D eigenvalue weighted by Gasteiger charge is -2.35. The number of H-pyrrole nitrogens is 1. The second-order valence-corrected chi connectivity index (χ2v) is 8.52. The molecule has 2 aliphatic rings. The number of piperidine rings is 1. The molecule has 29 heavy (non-hydrogen) atoms. The number of hydrogen-bond acceptors (Lipinski definition) is 3. The molecule has 2 fully saturated rings. The molecule has 0 saturated carbocycles. The average Bonchev–Trinajstić information content (AvgIpc) is 3.39. The van der Waals surface area contributed by atoms with Crippen LogP contribution in [0.5, 0.6) is 5.75 Å². The van der Waals surface area contributed by atoms with Crippen LogP contribution in [0.4, 0.5) is 0 Å². The number of Topliss-reactive ketones (excluding diaryl/α,β-unsaturated/α-hetero) is 1. The van der Waals surface area contributed by atoms with Crippen molar-refractivity contribution in [1.29, 1.82) is 0 Å². The zero-order chi connectivity index (χ0) is 19.8. The number of fused-ring (bicyclic) bond motifs is 2. The van der Waals surface area contributed by atoms with Crippen LogP contribution in [0, 0.1) is 0 Å². The Morgan fingerprint density at radius 2 is 2.10 bits per heavy atom. The Kier molecular flexibility index (Phi) is 4.88. The molecule has 0 spiro atoms. The zero-order valence-corrected chi connectivity index (χ0v) is 17.0. The second kappa shape index (κ2) is 7.68. The standard InChI is InChI=1S/C25H28N2O2/c1-29-21-6-2-4-18(14-21)25(28)13-17-7-10-24-22(12-17)23(15-26-24)19-8-9-20-5-3-11-27(20)16-19/h2,4,6-7,10,12,14-15,19-20,26H,3,5,8-9,11,13,16H2,1H3. The molecule has 0 amide bonds. The number of ketones is 1. The van der Waals surface area contributed by atoms with E-state index in [4.69, 9.17) is 4.74 Å². The number of carbonyl (C=O) groups is 1. The van der Waals surface area contributed by atoms with Crippen LogP contribution in [0.25, 0.3) is 10.9 Å². The molecule has 1 N–H and O–H groups in total. The summed E-state index contributed by atoms with van der Waals surface area (Å²) in [6, 6.07) is 14.6. The van der Waals surface area contributed by atoms with Gasteiger partial charge in [-0.15, -0.1) is 0 Å². The summed E-state index contributed by atoms with van der Waals surface area (Å²) >= 11 is 0. The van der Waals surface area contributed by atoms with E-state index >= 15 is 0 Å². The van der Waals surface area contributed by atoms with Gasteiger partial charge in [0.25, 0.3) is 0 Å². The molecular formula is C25H28N2O2. The van der Waals surface area contributed by atoms with Crippen molar-refractivity contribution in [2.75, 3.05) is 20.2 Å². The lowest BCUT2D eigenvalue weighted by molar-refractivity contribution is 0.0992. The van der Waals surface area contributed by atoms with E-state index in [2.05, 4.69) is 34.3 Å². The molecule has 4 nitrogen and oxygen atoms in total. The highest BCUT2D eigenvalue weighted by molar-refractivity contribution is 5.98. The first-order valence-electron chi connectivity index (χ1n) is 10.7. The van der Waals surface area contributed by atoms with Gasteiger partial charge in [0.15, 0.2) is 5.78 Å². The predicted octanol–water partition coefficient (Wildman–Crippen LogP) is 4.94. The van der Waals surface area contributed by atoms with Gasteiger partial charge >= 0.3 is 0 Å². The van der Waals surface area contributed by atoms with Crippen LogP contribution in [-0.4, -0.2) is 41.9 Å². The SMILES string of the molecule is COc1cccc(C(=O)Cc2ccc3[nH]cc(C4CCC5CCCN5C4)c3c2)c1. The van der Waals surface area contributed by atoms with Crippen LogP contribution >= 0.6 is 0 Å². The van der Waals surface area contributed by atoms with Crippen molar-refractivity contribution in [3.05, 3.63) is 65.4 Å². The fourth-order valence-corrected chi connectivity index (χ4v) is 5.21. The summed E-state index contributed by atoms with van der Waals surface area (Å²) in [6.07, 6.45) is 7.90. The zero-order valence-electron chi connectivity index (χ0n) is 17.0.